The van der Waals surface area contributed by atoms with Crippen molar-refractivity contribution in [2.45, 2.75) is 6.04 Å². The molecule has 0 N–H and O–H groups in total. The van der Waals surface area contributed by atoms with Gasteiger partial charge in [-0.2, -0.15) is 0 Å². The quantitative estimate of drug-likeness (QED) is 0.567. The average Bonchev–Trinajstić information content (AvgIpc) is 2.60. The average molecular weight is 414 g/mol. The zero-order chi connectivity index (χ0) is 18.7. The van der Waals surface area contributed by atoms with Crippen LogP contribution in [0.1, 0.15) is 11.6 Å². The molecule has 0 bridgehead atoms. The van der Waals surface area contributed by atoms with Gasteiger partial charge in [-0.05, 0) is 23.8 Å². The maximum absolute atomic E-state index is 12.9. The van der Waals surface area contributed by atoms with E-state index in [4.69, 9.17) is 27.9 Å². The van der Waals surface area contributed by atoms with Gasteiger partial charge >= 0.3 is 5.97 Å². The fourth-order valence-electron chi connectivity index (χ4n) is 2.84. The van der Waals surface area contributed by atoms with Crippen molar-refractivity contribution in [3.63, 3.8) is 0 Å². The van der Waals surface area contributed by atoms with Crippen LogP contribution in [0.4, 0.5) is 0 Å². The Morgan fingerprint density at radius 2 is 1.69 bits per heavy atom. The SMILES string of the molecule is O=C(Oc1ccc(Cl)cc1Cl)C(c1ccccc1)N1CCS(=O)(=O)CC1. The number of hydrogen-bond acceptors (Lipinski definition) is 5. The molecule has 1 saturated heterocycles. The van der Waals surface area contributed by atoms with E-state index in [0.29, 0.717) is 5.02 Å². The maximum atomic E-state index is 12.9. The van der Waals surface area contributed by atoms with Gasteiger partial charge in [0.2, 0.25) is 0 Å². The van der Waals surface area contributed by atoms with Crippen molar-refractivity contribution < 1.29 is 17.9 Å². The second-order valence-electron chi connectivity index (χ2n) is 6.00. The molecule has 1 aliphatic rings. The minimum atomic E-state index is -3.06. The van der Waals surface area contributed by atoms with Gasteiger partial charge in [-0.25, -0.2) is 13.2 Å². The van der Waals surface area contributed by atoms with Gasteiger partial charge in [0.25, 0.3) is 0 Å². The Bertz CT molecular complexity index is 889. The van der Waals surface area contributed by atoms with E-state index in [-0.39, 0.29) is 35.4 Å². The summed E-state index contributed by atoms with van der Waals surface area (Å²) in [5, 5.41) is 0.675. The second kappa shape index (κ2) is 7.96. The first-order valence-corrected chi connectivity index (χ1v) is 10.6. The molecule has 138 valence electrons. The molecule has 0 saturated carbocycles. The van der Waals surface area contributed by atoms with Gasteiger partial charge in [-0.15, -0.1) is 0 Å². The highest BCUT2D eigenvalue weighted by molar-refractivity contribution is 7.91. The fourth-order valence-corrected chi connectivity index (χ4v) is 4.51. The zero-order valence-corrected chi connectivity index (χ0v) is 16.1. The van der Waals surface area contributed by atoms with Crippen LogP contribution in [-0.2, 0) is 14.6 Å². The number of carbonyl (C=O) groups is 1. The third kappa shape index (κ3) is 4.57. The normalized spacial score (nSPS) is 18.2. The van der Waals surface area contributed by atoms with Crippen LogP contribution in [0.15, 0.2) is 48.5 Å². The summed E-state index contributed by atoms with van der Waals surface area (Å²) in [6.07, 6.45) is 0. The summed E-state index contributed by atoms with van der Waals surface area (Å²) in [6, 6.07) is 13.0. The number of benzene rings is 2. The lowest BCUT2D eigenvalue weighted by atomic mass is 10.1. The molecule has 1 unspecified atom stereocenters. The van der Waals surface area contributed by atoms with Gasteiger partial charge in [0.05, 0.1) is 16.5 Å². The zero-order valence-electron chi connectivity index (χ0n) is 13.8. The maximum Gasteiger partial charge on any atom is 0.333 e. The molecule has 8 heteroatoms. The number of hydrogen-bond donors (Lipinski definition) is 0. The van der Waals surface area contributed by atoms with E-state index in [0.717, 1.165) is 5.56 Å². The number of esters is 1. The smallest absolute Gasteiger partial charge is 0.333 e. The van der Waals surface area contributed by atoms with Gasteiger partial charge in [0.1, 0.15) is 11.8 Å². The molecular weight excluding hydrogens is 397 g/mol. The summed E-state index contributed by atoms with van der Waals surface area (Å²) in [7, 11) is -3.06. The first-order chi connectivity index (χ1) is 12.4. The first-order valence-electron chi connectivity index (χ1n) is 8.02. The number of sulfone groups is 1. The van der Waals surface area contributed by atoms with Crippen molar-refractivity contribution in [2.24, 2.45) is 0 Å². The van der Waals surface area contributed by atoms with E-state index in [1.165, 1.54) is 12.1 Å². The molecule has 5 nitrogen and oxygen atoms in total. The second-order valence-corrected chi connectivity index (χ2v) is 9.14. The first kappa shape index (κ1) is 19.2. The molecule has 0 spiro atoms. The summed E-state index contributed by atoms with van der Waals surface area (Å²) in [4.78, 5) is 14.7. The van der Waals surface area contributed by atoms with E-state index in [2.05, 4.69) is 0 Å². The molecule has 2 aromatic rings. The van der Waals surface area contributed by atoms with Gasteiger partial charge < -0.3 is 4.74 Å². The summed E-state index contributed by atoms with van der Waals surface area (Å²) >= 11 is 12.0. The summed E-state index contributed by atoms with van der Waals surface area (Å²) in [6.45, 7) is 0.538. The lowest BCUT2D eigenvalue weighted by Crippen LogP contribution is -2.45. The Kier molecular flexibility index (Phi) is 5.87. The molecule has 0 radical (unpaired) electrons. The number of carbonyl (C=O) groups excluding carboxylic acids is 1. The Labute approximate surface area is 162 Å². The third-order valence-electron chi connectivity index (χ3n) is 4.19. The third-order valence-corrected chi connectivity index (χ3v) is 6.33. The van der Waals surface area contributed by atoms with Crippen LogP contribution >= 0.6 is 23.2 Å². The van der Waals surface area contributed by atoms with Gasteiger partial charge in [0.15, 0.2) is 9.84 Å². The van der Waals surface area contributed by atoms with Crippen LogP contribution in [0, 0.1) is 0 Å². The number of ether oxygens (including phenoxy) is 1. The molecule has 2 aromatic carbocycles. The molecule has 1 fully saturated rings. The molecule has 26 heavy (non-hydrogen) atoms. The van der Waals surface area contributed by atoms with Gasteiger partial charge in [-0.1, -0.05) is 53.5 Å². The molecule has 3 rings (SSSR count). The standard InChI is InChI=1S/C18H17Cl2NO4S/c19-14-6-7-16(15(20)12-14)25-18(22)17(13-4-2-1-3-5-13)21-8-10-26(23,24)11-9-21/h1-7,12,17H,8-11H2. The van der Waals surface area contributed by atoms with E-state index < -0.39 is 21.8 Å². The van der Waals surface area contributed by atoms with E-state index >= 15 is 0 Å². The molecule has 0 aliphatic carbocycles. The van der Waals surface area contributed by atoms with Crippen LogP contribution in [0.3, 0.4) is 0 Å². The highest BCUT2D eigenvalue weighted by Gasteiger charge is 2.34. The highest BCUT2D eigenvalue weighted by atomic mass is 35.5. The van der Waals surface area contributed by atoms with Crippen LogP contribution in [-0.4, -0.2) is 43.9 Å². The monoisotopic (exact) mass is 413 g/mol. The summed E-state index contributed by atoms with van der Waals surface area (Å²) in [5.74, 6) is -0.261. The van der Waals surface area contributed by atoms with Gasteiger partial charge in [-0.3, -0.25) is 4.90 Å². The van der Waals surface area contributed by atoms with Crippen molar-refractivity contribution >= 4 is 39.0 Å². The largest absolute Gasteiger partial charge is 0.424 e. The van der Waals surface area contributed by atoms with E-state index in [1.54, 1.807) is 6.07 Å². The van der Waals surface area contributed by atoms with E-state index in [9.17, 15) is 13.2 Å². The molecule has 1 aliphatic heterocycles. The van der Waals surface area contributed by atoms with Crippen LogP contribution < -0.4 is 4.74 Å². The lowest BCUT2D eigenvalue weighted by Gasteiger charge is -2.33. The molecule has 0 amide bonds. The van der Waals surface area contributed by atoms with Crippen LogP contribution in [0.2, 0.25) is 10.0 Å². The Balaban J connectivity index is 1.87. The topological polar surface area (TPSA) is 63.7 Å². The van der Waals surface area contributed by atoms with Crippen molar-refractivity contribution in [1.82, 2.24) is 4.90 Å². The molecular formula is C18H17Cl2NO4S. The fraction of sp³-hybridized carbons (Fsp3) is 0.278. The van der Waals surface area contributed by atoms with Crippen LogP contribution in [0.5, 0.6) is 5.75 Å². The Morgan fingerprint density at radius 1 is 1.04 bits per heavy atom. The lowest BCUT2D eigenvalue weighted by molar-refractivity contribution is -0.140. The molecule has 1 atom stereocenters. The number of rotatable bonds is 4. The predicted octanol–water partition coefficient (Wildman–Crippen LogP) is 3.37. The summed E-state index contributed by atoms with van der Waals surface area (Å²) < 4.78 is 28.9. The number of nitrogens with zero attached hydrogens (tertiary/aromatic N) is 1. The minimum Gasteiger partial charge on any atom is -0.424 e. The minimum absolute atomic E-state index is 0.0192. The predicted molar refractivity (Wildman–Crippen MR) is 102 cm³/mol. The van der Waals surface area contributed by atoms with E-state index in [1.807, 2.05) is 35.2 Å². The van der Waals surface area contributed by atoms with Crippen molar-refractivity contribution in [2.75, 3.05) is 24.6 Å². The van der Waals surface area contributed by atoms with Gasteiger partial charge in [0, 0.05) is 18.1 Å². The number of halogens is 2. The van der Waals surface area contributed by atoms with Crippen molar-refractivity contribution in [3.8, 4) is 5.75 Å². The molecule has 1 heterocycles. The van der Waals surface area contributed by atoms with Crippen LogP contribution in [0.25, 0.3) is 0 Å². The Morgan fingerprint density at radius 3 is 2.31 bits per heavy atom. The Hall–Kier alpha value is -1.60. The van der Waals surface area contributed by atoms with Crippen molar-refractivity contribution in [1.29, 1.82) is 0 Å². The highest BCUT2D eigenvalue weighted by Crippen LogP contribution is 2.30. The molecule has 0 aromatic heterocycles. The van der Waals surface area contributed by atoms with Crippen molar-refractivity contribution in [3.05, 3.63) is 64.1 Å². The summed E-state index contributed by atoms with van der Waals surface area (Å²) in [5.41, 5.74) is 0.738.